The smallest absolute Gasteiger partial charge is 0.0874 e. The van der Waals surface area contributed by atoms with E-state index in [1.165, 1.54) is 30.5 Å². The van der Waals surface area contributed by atoms with Crippen molar-refractivity contribution >= 4 is 0 Å². The minimum absolute atomic E-state index is 0.277. The van der Waals surface area contributed by atoms with Gasteiger partial charge in [0.05, 0.1) is 18.8 Å². The molecule has 4 rings (SSSR count). The van der Waals surface area contributed by atoms with Crippen LogP contribution in [-0.4, -0.2) is 36.2 Å². The fraction of sp³-hybridized carbons (Fsp3) is 0.429. The first kappa shape index (κ1) is 15.8. The Morgan fingerprint density at radius 2 is 1.67 bits per heavy atom. The Kier molecular flexibility index (Phi) is 4.93. The molecule has 3 heteroatoms. The number of fused-ring (bicyclic) bond motifs is 1. The van der Waals surface area contributed by atoms with Crippen LogP contribution in [0.3, 0.4) is 0 Å². The van der Waals surface area contributed by atoms with Crippen molar-refractivity contribution in [2.45, 2.75) is 44.2 Å². The summed E-state index contributed by atoms with van der Waals surface area (Å²) < 4.78 is 6.32. The van der Waals surface area contributed by atoms with Gasteiger partial charge in [-0.3, -0.25) is 4.90 Å². The topological polar surface area (TPSA) is 24.5 Å². The van der Waals surface area contributed by atoms with Crippen molar-refractivity contribution in [2.75, 3.05) is 13.1 Å². The molecule has 0 saturated carbocycles. The number of benzene rings is 2. The highest BCUT2D eigenvalue weighted by molar-refractivity contribution is 5.16. The van der Waals surface area contributed by atoms with Gasteiger partial charge in [-0.25, -0.2) is 0 Å². The summed E-state index contributed by atoms with van der Waals surface area (Å²) in [6.07, 6.45) is 2.89. The van der Waals surface area contributed by atoms with Crippen LogP contribution in [0.1, 0.15) is 24.0 Å². The highest BCUT2D eigenvalue weighted by atomic mass is 16.5. The fourth-order valence-electron chi connectivity index (χ4n) is 4.11. The largest absolute Gasteiger partial charge is 0.371 e. The highest BCUT2D eigenvalue weighted by Gasteiger charge is 2.44. The average molecular weight is 322 g/mol. The molecule has 0 bridgehead atoms. The van der Waals surface area contributed by atoms with E-state index >= 15 is 0 Å². The van der Waals surface area contributed by atoms with E-state index in [4.69, 9.17) is 4.74 Å². The van der Waals surface area contributed by atoms with E-state index in [0.717, 1.165) is 13.1 Å². The molecule has 126 valence electrons. The lowest BCUT2D eigenvalue weighted by atomic mass is 10.0. The molecular formula is C21H26N2O. The molecule has 0 aromatic heterocycles. The average Bonchev–Trinajstić information content (AvgIpc) is 3.21. The molecule has 2 aliphatic heterocycles. The van der Waals surface area contributed by atoms with Gasteiger partial charge in [-0.2, -0.15) is 0 Å². The molecule has 2 aliphatic rings. The third kappa shape index (κ3) is 3.54. The van der Waals surface area contributed by atoms with Gasteiger partial charge < -0.3 is 10.1 Å². The first-order valence-corrected chi connectivity index (χ1v) is 9.07. The van der Waals surface area contributed by atoms with Gasteiger partial charge in [0.25, 0.3) is 0 Å². The number of ether oxygens (including phenoxy) is 1. The number of hydrogen-bond acceptors (Lipinski definition) is 3. The highest BCUT2D eigenvalue weighted by Crippen LogP contribution is 2.30. The second kappa shape index (κ2) is 7.47. The Morgan fingerprint density at radius 1 is 0.958 bits per heavy atom. The predicted octanol–water partition coefficient (Wildman–Crippen LogP) is 3.21. The summed E-state index contributed by atoms with van der Waals surface area (Å²) >= 11 is 0. The lowest BCUT2D eigenvalue weighted by Gasteiger charge is -2.25. The van der Waals surface area contributed by atoms with Crippen LogP contribution >= 0.6 is 0 Å². The molecule has 2 fully saturated rings. The standard InChI is InChI=1S/C21H26N2O/c1-3-8-17(9-4-1)14-22-21-19-12-7-13-23(19)15-20(21)24-16-18-10-5-2-6-11-18/h1-6,8-11,19-22H,7,12-16H2/t19-,20-,21+/m0/s1. The minimum Gasteiger partial charge on any atom is -0.371 e. The maximum absolute atomic E-state index is 6.32. The van der Waals surface area contributed by atoms with Crippen LogP contribution < -0.4 is 5.32 Å². The molecule has 0 radical (unpaired) electrons. The van der Waals surface area contributed by atoms with E-state index in [1.54, 1.807) is 0 Å². The Morgan fingerprint density at radius 3 is 2.42 bits per heavy atom. The molecule has 3 nitrogen and oxygen atoms in total. The first-order chi connectivity index (χ1) is 11.9. The van der Waals surface area contributed by atoms with E-state index in [0.29, 0.717) is 18.7 Å². The first-order valence-electron chi connectivity index (χ1n) is 9.07. The van der Waals surface area contributed by atoms with Crippen molar-refractivity contribution in [1.29, 1.82) is 0 Å². The second-order valence-corrected chi connectivity index (χ2v) is 6.93. The van der Waals surface area contributed by atoms with Crippen molar-refractivity contribution in [1.82, 2.24) is 10.2 Å². The number of nitrogens with one attached hydrogen (secondary N) is 1. The molecule has 2 heterocycles. The Bertz CT molecular complexity index is 631. The Hall–Kier alpha value is -1.68. The zero-order valence-electron chi connectivity index (χ0n) is 14.1. The SMILES string of the molecule is c1ccc(CN[C@H]2[C@@H](OCc3ccccc3)CN3CCC[C@@H]23)cc1. The predicted molar refractivity (Wildman–Crippen MR) is 96.7 cm³/mol. The van der Waals surface area contributed by atoms with Crippen LogP contribution in [0, 0.1) is 0 Å². The molecule has 24 heavy (non-hydrogen) atoms. The lowest BCUT2D eigenvalue weighted by Crippen LogP contribution is -2.44. The van der Waals surface area contributed by atoms with Gasteiger partial charge in [0.2, 0.25) is 0 Å². The number of hydrogen-bond donors (Lipinski definition) is 1. The van der Waals surface area contributed by atoms with E-state index < -0.39 is 0 Å². The summed E-state index contributed by atoms with van der Waals surface area (Å²) in [4.78, 5) is 2.61. The van der Waals surface area contributed by atoms with Crippen LogP contribution in [0.15, 0.2) is 60.7 Å². The Labute approximate surface area is 144 Å². The molecular weight excluding hydrogens is 296 g/mol. The fourth-order valence-corrected chi connectivity index (χ4v) is 4.11. The third-order valence-electron chi connectivity index (χ3n) is 5.34. The van der Waals surface area contributed by atoms with Crippen LogP contribution in [0.2, 0.25) is 0 Å². The summed E-state index contributed by atoms with van der Waals surface area (Å²) in [6, 6.07) is 22.2. The van der Waals surface area contributed by atoms with E-state index in [9.17, 15) is 0 Å². The quantitative estimate of drug-likeness (QED) is 0.884. The van der Waals surface area contributed by atoms with E-state index in [-0.39, 0.29) is 6.10 Å². The van der Waals surface area contributed by atoms with Crippen molar-refractivity contribution in [3.8, 4) is 0 Å². The molecule has 0 aliphatic carbocycles. The molecule has 2 saturated heterocycles. The molecule has 0 spiro atoms. The summed E-state index contributed by atoms with van der Waals surface area (Å²) in [5.74, 6) is 0. The molecule has 2 aromatic carbocycles. The van der Waals surface area contributed by atoms with Crippen LogP contribution in [0.4, 0.5) is 0 Å². The van der Waals surface area contributed by atoms with Gasteiger partial charge in [0.1, 0.15) is 0 Å². The zero-order chi connectivity index (χ0) is 16.2. The molecule has 0 unspecified atom stereocenters. The van der Waals surface area contributed by atoms with Crippen molar-refractivity contribution < 1.29 is 4.74 Å². The number of rotatable bonds is 6. The maximum Gasteiger partial charge on any atom is 0.0874 e. The van der Waals surface area contributed by atoms with Crippen LogP contribution in [0.5, 0.6) is 0 Å². The normalized spacial score (nSPS) is 26.6. The van der Waals surface area contributed by atoms with Gasteiger partial charge in [0.15, 0.2) is 0 Å². The van der Waals surface area contributed by atoms with Gasteiger partial charge >= 0.3 is 0 Å². The van der Waals surface area contributed by atoms with Crippen LogP contribution in [-0.2, 0) is 17.9 Å². The lowest BCUT2D eigenvalue weighted by molar-refractivity contribution is 0.0296. The molecule has 1 N–H and O–H groups in total. The van der Waals surface area contributed by atoms with Gasteiger partial charge in [-0.15, -0.1) is 0 Å². The van der Waals surface area contributed by atoms with Crippen LogP contribution in [0.25, 0.3) is 0 Å². The number of nitrogens with zero attached hydrogens (tertiary/aromatic N) is 1. The van der Waals surface area contributed by atoms with Gasteiger partial charge in [-0.1, -0.05) is 60.7 Å². The van der Waals surface area contributed by atoms with Crippen molar-refractivity contribution in [3.05, 3.63) is 71.8 Å². The summed E-state index contributed by atoms with van der Waals surface area (Å²) in [5, 5.41) is 3.79. The molecule has 3 atom stereocenters. The monoisotopic (exact) mass is 322 g/mol. The van der Waals surface area contributed by atoms with Crippen molar-refractivity contribution in [3.63, 3.8) is 0 Å². The second-order valence-electron chi connectivity index (χ2n) is 6.93. The molecule has 2 aromatic rings. The minimum atomic E-state index is 0.277. The van der Waals surface area contributed by atoms with Gasteiger partial charge in [-0.05, 0) is 30.5 Å². The Balaban J connectivity index is 1.39. The van der Waals surface area contributed by atoms with E-state index in [1.807, 2.05) is 0 Å². The summed E-state index contributed by atoms with van der Waals surface area (Å²) in [6.45, 7) is 3.90. The summed E-state index contributed by atoms with van der Waals surface area (Å²) in [5.41, 5.74) is 2.60. The zero-order valence-corrected chi connectivity index (χ0v) is 14.1. The van der Waals surface area contributed by atoms with Gasteiger partial charge in [0, 0.05) is 19.1 Å². The summed E-state index contributed by atoms with van der Waals surface area (Å²) in [7, 11) is 0. The molecule has 0 amide bonds. The third-order valence-corrected chi connectivity index (χ3v) is 5.34. The van der Waals surface area contributed by atoms with E-state index in [2.05, 4.69) is 70.9 Å². The maximum atomic E-state index is 6.32. The van der Waals surface area contributed by atoms with Crippen molar-refractivity contribution in [2.24, 2.45) is 0 Å².